The molecule has 0 saturated carbocycles. The van der Waals surface area contributed by atoms with Crippen LogP contribution in [0.1, 0.15) is 18.1 Å². The predicted molar refractivity (Wildman–Crippen MR) is 106 cm³/mol. The lowest BCUT2D eigenvalue weighted by molar-refractivity contribution is 0.601. The fourth-order valence-electron chi connectivity index (χ4n) is 2.56. The van der Waals surface area contributed by atoms with Crippen molar-refractivity contribution >= 4 is 27.3 Å². The first kappa shape index (κ1) is 18.9. The van der Waals surface area contributed by atoms with Crippen molar-refractivity contribution in [2.45, 2.75) is 18.2 Å². The molecule has 1 aromatic heterocycles. The second kappa shape index (κ2) is 7.78. The van der Waals surface area contributed by atoms with Crippen LogP contribution in [0.4, 0.5) is 5.69 Å². The summed E-state index contributed by atoms with van der Waals surface area (Å²) in [6.07, 6.45) is 3.88. The molecule has 0 bridgehead atoms. The Morgan fingerprint density at radius 1 is 1.07 bits per heavy atom. The third-order valence-corrected chi connectivity index (χ3v) is 5.77. The summed E-state index contributed by atoms with van der Waals surface area (Å²) in [5, 5.41) is 9.30. The van der Waals surface area contributed by atoms with Crippen molar-refractivity contribution in [3.63, 3.8) is 0 Å². The van der Waals surface area contributed by atoms with Gasteiger partial charge in [-0.05, 0) is 47.9 Å². The van der Waals surface area contributed by atoms with Crippen LogP contribution < -0.4 is 4.72 Å². The van der Waals surface area contributed by atoms with Gasteiger partial charge in [-0.1, -0.05) is 36.7 Å². The molecule has 0 aliphatic carbocycles. The zero-order valence-corrected chi connectivity index (χ0v) is 16.1. The third kappa shape index (κ3) is 4.27. The maximum absolute atomic E-state index is 12.6. The number of pyridine rings is 1. The zero-order chi connectivity index (χ0) is 19.4. The van der Waals surface area contributed by atoms with Gasteiger partial charge in [0.25, 0.3) is 10.0 Å². The number of anilines is 1. The lowest BCUT2D eigenvalue weighted by Gasteiger charge is -2.10. The number of nitrogens with one attached hydrogen (secondary N) is 1. The van der Waals surface area contributed by atoms with Crippen LogP contribution in [0.25, 0.3) is 11.1 Å². The Morgan fingerprint density at radius 2 is 1.81 bits per heavy atom. The Hall–Kier alpha value is -2.88. The minimum atomic E-state index is -3.72. The third-order valence-electron chi connectivity index (χ3n) is 4.06. The first-order chi connectivity index (χ1) is 12.9. The zero-order valence-electron chi connectivity index (χ0n) is 14.5. The van der Waals surface area contributed by atoms with Gasteiger partial charge in [-0.2, -0.15) is 5.26 Å². The Balaban J connectivity index is 1.89. The van der Waals surface area contributed by atoms with Crippen LogP contribution in [0.5, 0.6) is 0 Å². The molecule has 7 heteroatoms. The molecule has 2 aromatic carbocycles. The Bertz CT molecular complexity index is 1120. The Morgan fingerprint density at radius 3 is 2.44 bits per heavy atom. The second-order valence-corrected chi connectivity index (χ2v) is 7.96. The molecule has 3 aromatic rings. The molecule has 1 N–H and O–H groups in total. The molecule has 0 amide bonds. The fraction of sp³-hybridized carbons (Fsp3) is 0.100. The molecule has 3 rings (SSSR count). The summed E-state index contributed by atoms with van der Waals surface area (Å²) in [5.74, 6) is 0. The maximum atomic E-state index is 12.6. The van der Waals surface area contributed by atoms with Crippen LogP contribution in [-0.4, -0.2) is 13.4 Å². The molecule has 27 heavy (non-hydrogen) atoms. The smallest absolute Gasteiger partial charge is 0.261 e. The largest absolute Gasteiger partial charge is 0.278 e. The minimum Gasteiger partial charge on any atom is -0.278 e. The molecule has 0 atom stereocenters. The van der Waals surface area contributed by atoms with Crippen molar-refractivity contribution in [1.29, 1.82) is 5.26 Å². The Kier molecular flexibility index (Phi) is 5.45. The molecular weight excluding hydrogens is 382 g/mol. The molecule has 0 spiro atoms. The number of benzene rings is 2. The number of hydrogen-bond acceptors (Lipinski definition) is 4. The van der Waals surface area contributed by atoms with Gasteiger partial charge in [0.2, 0.25) is 0 Å². The van der Waals surface area contributed by atoms with Gasteiger partial charge in [0.15, 0.2) is 0 Å². The van der Waals surface area contributed by atoms with E-state index in [1.165, 1.54) is 6.20 Å². The van der Waals surface area contributed by atoms with Gasteiger partial charge in [0.1, 0.15) is 6.07 Å². The molecule has 0 aliphatic rings. The van der Waals surface area contributed by atoms with Gasteiger partial charge in [-0.25, -0.2) is 8.42 Å². The van der Waals surface area contributed by atoms with E-state index in [9.17, 15) is 8.42 Å². The van der Waals surface area contributed by atoms with Crippen molar-refractivity contribution in [3.8, 4) is 17.2 Å². The number of rotatable bonds is 5. The average molecular weight is 398 g/mol. The lowest BCUT2D eigenvalue weighted by Crippen LogP contribution is -2.13. The van der Waals surface area contributed by atoms with Crippen LogP contribution in [0.3, 0.4) is 0 Å². The summed E-state index contributed by atoms with van der Waals surface area (Å²) in [5.41, 5.74) is 3.20. The van der Waals surface area contributed by atoms with E-state index in [1.54, 1.807) is 54.7 Å². The highest BCUT2D eigenvalue weighted by Gasteiger charge is 2.15. The van der Waals surface area contributed by atoms with Gasteiger partial charge in [-0.3, -0.25) is 9.71 Å². The molecule has 1 heterocycles. The Labute approximate surface area is 163 Å². The van der Waals surface area contributed by atoms with Gasteiger partial charge >= 0.3 is 0 Å². The number of halogens is 1. The van der Waals surface area contributed by atoms with Crippen LogP contribution in [0, 0.1) is 11.3 Å². The molecule has 136 valence electrons. The summed E-state index contributed by atoms with van der Waals surface area (Å²) in [6, 6.07) is 15.4. The van der Waals surface area contributed by atoms with E-state index in [2.05, 4.69) is 9.71 Å². The first-order valence-electron chi connectivity index (χ1n) is 8.20. The normalized spacial score (nSPS) is 11.0. The quantitative estimate of drug-likeness (QED) is 0.679. The first-order valence-corrected chi connectivity index (χ1v) is 10.1. The molecule has 0 aliphatic heterocycles. The van der Waals surface area contributed by atoms with E-state index in [4.69, 9.17) is 16.9 Å². The van der Waals surface area contributed by atoms with Crippen LogP contribution in [0.2, 0.25) is 5.02 Å². The van der Waals surface area contributed by atoms with E-state index in [0.29, 0.717) is 21.8 Å². The number of aromatic nitrogens is 1. The maximum Gasteiger partial charge on any atom is 0.261 e. The molecule has 5 nitrogen and oxygen atoms in total. The summed E-state index contributed by atoms with van der Waals surface area (Å²) in [4.78, 5) is 4.29. The summed E-state index contributed by atoms with van der Waals surface area (Å²) >= 11 is 6.08. The highest BCUT2D eigenvalue weighted by atomic mass is 35.5. The number of sulfonamides is 1. The van der Waals surface area contributed by atoms with Crippen molar-refractivity contribution in [2.24, 2.45) is 0 Å². The van der Waals surface area contributed by atoms with Crippen LogP contribution >= 0.6 is 11.6 Å². The average Bonchev–Trinajstić information content (AvgIpc) is 2.68. The van der Waals surface area contributed by atoms with Crippen LogP contribution in [-0.2, 0) is 16.4 Å². The van der Waals surface area contributed by atoms with Gasteiger partial charge in [0.05, 0.1) is 27.4 Å². The minimum absolute atomic E-state index is 0.187. The van der Waals surface area contributed by atoms with E-state index in [1.807, 2.05) is 13.0 Å². The van der Waals surface area contributed by atoms with Crippen molar-refractivity contribution in [3.05, 3.63) is 77.1 Å². The lowest BCUT2D eigenvalue weighted by atomic mass is 10.1. The summed E-state index contributed by atoms with van der Waals surface area (Å²) < 4.78 is 27.7. The van der Waals surface area contributed by atoms with Gasteiger partial charge in [-0.15, -0.1) is 0 Å². The van der Waals surface area contributed by atoms with Crippen molar-refractivity contribution in [2.75, 3.05) is 4.72 Å². The number of nitriles is 1. The number of hydrogen-bond donors (Lipinski definition) is 1. The van der Waals surface area contributed by atoms with Gasteiger partial charge in [0, 0.05) is 11.8 Å². The van der Waals surface area contributed by atoms with Crippen molar-refractivity contribution < 1.29 is 8.42 Å². The molecular formula is C20H16ClN3O2S. The molecule has 0 saturated heterocycles. The van der Waals surface area contributed by atoms with E-state index >= 15 is 0 Å². The molecule has 0 unspecified atom stereocenters. The standard InChI is InChI=1S/C20H16ClN3O2S/c1-2-14-3-7-19(8-4-14)27(25,26)24-18-9-17(12-23-13-18)15-5-6-16(11-22)20(21)10-15/h3-10,12-13,24H,2H2,1H3. The molecule has 0 radical (unpaired) electrons. The number of aryl methyl sites for hydroxylation is 1. The SMILES string of the molecule is CCc1ccc(S(=O)(=O)Nc2cncc(-c3ccc(C#N)c(Cl)c3)c2)cc1. The second-order valence-electron chi connectivity index (χ2n) is 5.87. The van der Waals surface area contributed by atoms with Gasteiger partial charge < -0.3 is 0 Å². The van der Waals surface area contributed by atoms with Crippen LogP contribution in [0.15, 0.2) is 65.8 Å². The van der Waals surface area contributed by atoms with E-state index < -0.39 is 10.0 Å². The number of nitrogens with zero attached hydrogens (tertiary/aromatic N) is 2. The topological polar surface area (TPSA) is 82.8 Å². The van der Waals surface area contributed by atoms with E-state index in [-0.39, 0.29) is 4.90 Å². The molecule has 0 fully saturated rings. The monoisotopic (exact) mass is 397 g/mol. The predicted octanol–water partition coefficient (Wildman–Crippen LogP) is 4.64. The highest BCUT2D eigenvalue weighted by molar-refractivity contribution is 7.92. The fourth-order valence-corrected chi connectivity index (χ4v) is 3.81. The van der Waals surface area contributed by atoms with Crippen molar-refractivity contribution in [1.82, 2.24) is 4.98 Å². The summed E-state index contributed by atoms with van der Waals surface area (Å²) in [7, 11) is -3.72. The summed E-state index contributed by atoms with van der Waals surface area (Å²) in [6.45, 7) is 2.01. The highest BCUT2D eigenvalue weighted by Crippen LogP contribution is 2.27. The van der Waals surface area contributed by atoms with E-state index in [0.717, 1.165) is 17.5 Å².